The van der Waals surface area contributed by atoms with Crippen molar-refractivity contribution < 1.29 is 4.42 Å². The molecule has 0 aromatic carbocycles. The van der Waals surface area contributed by atoms with Crippen molar-refractivity contribution in [1.82, 2.24) is 15.5 Å². The number of thiophene rings is 1. The zero-order valence-electron chi connectivity index (χ0n) is 8.14. The zero-order chi connectivity index (χ0) is 10.1. The molecule has 1 atom stereocenters. The molecular weight excluding hydrogens is 210 g/mol. The Morgan fingerprint density at radius 2 is 2.47 bits per heavy atom. The fourth-order valence-corrected chi connectivity index (χ4v) is 2.40. The first-order valence-electron chi connectivity index (χ1n) is 5.03. The predicted molar refractivity (Wildman–Crippen MR) is 57.6 cm³/mol. The van der Waals surface area contributed by atoms with Gasteiger partial charge in [0.1, 0.15) is 0 Å². The summed E-state index contributed by atoms with van der Waals surface area (Å²) in [5.74, 6) is 1.34. The Morgan fingerprint density at radius 3 is 3.20 bits per heavy atom. The van der Waals surface area contributed by atoms with Crippen molar-refractivity contribution in [3.63, 3.8) is 0 Å². The van der Waals surface area contributed by atoms with Gasteiger partial charge < -0.3 is 9.73 Å². The number of nitrogens with one attached hydrogen (secondary N) is 1. The summed E-state index contributed by atoms with van der Waals surface area (Å²) >= 11 is 1.63. The molecule has 0 saturated carbocycles. The number of nitrogens with zero attached hydrogens (tertiary/aromatic N) is 2. The van der Waals surface area contributed by atoms with Crippen LogP contribution in [0.1, 0.15) is 24.8 Å². The van der Waals surface area contributed by atoms with E-state index in [1.165, 1.54) is 6.42 Å². The van der Waals surface area contributed by atoms with E-state index in [1.807, 2.05) is 16.8 Å². The summed E-state index contributed by atoms with van der Waals surface area (Å²) in [6.45, 7) is 1.04. The molecule has 2 aromatic rings. The molecule has 4 nitrogen and oxygen atoms in total. The van der Waals surface area contributed by atoms with Crippen molar-refractivity contribution >= 4 is 11.3 Å². The van der Waals surface area contributed by atoms with Crippen molar-refractivity contribution in [2.45, 2.75) is 18.9 Å². The van der Waals surface area contributed by atoms with E-state index in [2.05, 4.69) is 15.5 Å². The second kappa shape index (κ2) is 3.75. The van der Waals surface area contributed by atoms with Gasteiger partial charge in [-0.15, -0.1) is 10.2 Å². The Balaban J connectivity index is 1.87. The van der Waals surface area contributed by atoms with Crippen molar-refractivity contribution in [1.29, 1.82) is 0 Å². The minimum absolute atomic E-state index is 0.255. The Bertz CT molecular complexity index is 431. The number of rotatable bonds is 2. The Labute approximate surface area is 91.3 Å². The van der Waals surface area contributed by atoms with Gasteiger partial charge in [-0.2, -0.15) is 11.3 Å². The van der Waals surface area contributed by atoms with Crippen molar-refractivity contribution in [2.75, 3.05) is 6.54 Å². The second-order valence-corrected chi connectivity index (χ2v) is 4.39. The van der Waals surface area contributed by atoms with E-state index in [-0.39, 0.29) is 6.04 Å². The van der Waals surface area contributed by atoms with Crippen molar-refractivity contribution in [2.24, 2.45) is 0 Å². The summed E-state index contributed by atoms with van der Waals surface area (Å²) in [7, 11) is 0. The third kappa shape index (κ3) is 1.68. The van der Waals surface area contributed by atoms with Gasteiger partial charge in [-0.3, -0.25) is 0 Å². The molecule has 5 heteroatoms. The van der Waals surface area contributed by atoms with Crippen LogP contribution in [0.4, 0.5) is 0 Å². The lowest BCUT2D eigenvalue weighted by molar-refractivity contribution is 0.437. The summed E-state index contributed by atoms with van der Waals surface area (Å²) in [4.78, 5) is 0. The van der Waals surface area contributed by atoms with E-state index in [0.717, 1.165) is 18.5 Å². The monoisotopic (exact) mass is 221 g/mol. The Kier molecular flexibility index (Phi) is 2.26. The molecule has 15 heavy (non-hydrogen) atoms. The van der Waals surface area contributed by atoms with Crippen molar-refractivity contribution in [3.8, 4) is 11.5 Å². The maximum absolute atomic E-state index is 5.63. The quantitative estimate of drug-likeness (QED) is 0.844. The molecule has 1 N–H and O–H groups in total. The summed E-state index contributed by atoms with van der Waals surface area (Å²) in [5.41, 5.74) is 1.01. The standard InChI is InChI=1S/C10H11N3OS/c1-2-8(11-4-1)10-13-12-9(14-10)7-3-5-15-6-7/h3,5-6,8,11H,1-2,4H2/t8-/m0/s1. The molecule has 3 heterocycles. The van der Waals surface area contributed by atoms with Gasteiger partial charge in [0.05, 0.1) is 6.04 Å². The van der Waals surface area contributed by atoms with Gasteiger partial charge in [0.2, 0.25) is 11.8 Å². The SMILES string of the molecule is c1cc(-c2nnc([C@@H]3CCCN3)o2)cs1. The maximum atomic E-state index is 5.63. The topological polar surface area (TPSA) is 51.0 Å². The molecule has 0 unspecified atom stereocenters. The van der Waals surface area contributed by atoms with Crippen LogP contribution in [-0.2, 0) is 0 Å². The average Bonchev–Trinajstić information content (AvgIpc) is 3.02. The molecule has 0 bridgehead atoms. The van der Waals surface area contributed by atoms with Gasteiger partial charge in [0.25, 0.3) is 0 Å². The van der Waals surface area contributed by atoms with Gasteiger partial charge in [-0.05, 0) is 30.8 Å². The van der Waals surface area contributed by atoms with Gasteiger partial charge >= 0.3 is 0 Å². The van der Waals surface area contributed by atoms with Crippen LogP contribution in [0.3, 0.4) is 0 Å². The number of hydrogen-bond acceptors (Lipinski definition) is 5. The molecule has 1 fully saturated rings. The van der Waals surface area contributed by atoms with Crippen LogP contribution in [0.25, 0.3) is 11.5 Å². The molecule has 1 saturated heterocycles. The molecule has 0 radical (unpaired) electrons. The van der Waals surface area contributed by atoms with Crippen LogP contribution in [-0.4, -0.2) is 16.7 Å². The van der Waals surface area contributed by atoms with Crippen molar-refractivity contribution in [3.05, 3.63) is 22.7 Å². The van der Waals surface area contributed by atoms with E-state index in [1.54, 1.807) is 11.3 Å². The Hall–Kier alpha value is -1.20. The normalized spacial score (nSPS) is 20.9. The Morgan fingerprint density at radius 1 is 1.47 bits per heavy atom. The maximum Gasteiger partial charge on any atom is 0.248 e. The van der Waals surface area contributed by atoms with Gasteiger partial charge in [0.15, 0.2) is 0 Å². The second-order valence-electron chi connectivity index (χ2n) is 3.61. The lowest BCUT2D eigenvalue weighted by Gasteiger charge is -2.01. The highest BCUT2D eigenvalue weighted by molar-refractivity contribution is 7.08. The van der Waals surface area contributed by atoms with E-state index >= 15 is 0 Å². The predicted octanol–water partition coefficient (Wildman–Crippen LogP) is 2.22. The van der Waals surface area contributed by atoms with E-state index in [4.69, 9.17) is 4.42 Å². The molecule has 1 aliphatic heterocycles. The van der Waals surface area contributed by atoms with Crippen LogP contribution in [0.5, 0.6) is 0 Å². The summed E-state index contributed by atoms with van der Waals surface area (Å²) in [5, 5.41) is 15.5. The van der Waals surface area contributed by atoms with Crippen LogP contribution in [0.15, 0.2) is 21.2 Å². The molecule has 0 spiro atoms. The lowest BCUT2D eigenvalue weighted by atomic mass is 10.2. The highest BCUT2D eigenvalue weighted by Gasteiger charge is 2.22. The lowest BCUT2D eigenvalue weighted by Crippen LogP contribution is -2.12. The fraction of sp³-hybridized carbons (Fsp3) is 0.400. The minimum Gasteiger partial charge on any atom is -0.419 e. The molecular formula is C10H11N3OS. The van der Waals surface area contributed by atoms with Crippen LogP contribution >= 0.6 is 11.3 Å². The van der Waals surface area contributed by atoms with Gasteiger partial charge in [-0.1, -0.05) is 0 Å². The highest BCUT2D eigenvalue weighted by Crippen LogP contribution is 2.26. The summed E-state index contributed by atoms with van der Waals surface area (Å²) in [6, 6.07) is 2.24. The summed E-state index contributed by atoms with van der Waals surface area (Å²) in [6.07, 6.45) is 2.27. The molecule has 1 aliphatic rings. The zero-order valence-corrected chi connectivity index (χ0v) is 8.96. The number of aromatic nitrogens is 2. The van der Waals surface area contributed by atoms with Crippen LogP contribution in [0, 0.1) is 0 Å². The largest absolute Gasteiger partial charge is 0.419 e. The van der Waals surface area contributed by atoms with E-state index in [9.17, 15) is 0 Å². The van der Waals surface area contributed by atoms with E-state index in [0.29, 0.717) is 11.8 Å². The van der Waals surface area contributed by atoms with Gasteiger partial charge in [-0.25, -0.2) is 0 Å². The molecule has 2 aromatic heterocycles. The average molecular weight is 221 g/mol. The molecule has 3 rings (SSSR count). The molecule has 0 aliphatic carbocycles. The summed E-state index contributed by atoms with van der Waals surface area (Å²) < 4.78 is 5.63. The first kappa shape index (κ1) is 9.06. The number of hydrogen-bond donors (Lipinski definition) is 1. The molecule has 0 amide bonds. The van der Waals surface area contributed by atoms with Gasteiger partial charge in [0, 0.05) is 10.9 Å². The van der Waals surface area contributed by atoms with Crippen LogP contribution < -0.4 is 5.32 Å². The molecule has 78 valence electrons. The third-order valence-electron chi connectivity index (χ3n) is 2.57. The first-order chi connectivity index (χ1) is 7.43. The first-order valence-corrected chi connectivity index (χ1v) is 5.97. The third-order valence-corrected chi connectivity index (χ3v) is 3.25. The minimum atomic E-state index is 0.255. The van der Waals surface area contributed by atoms with E-state index < -0.39 is 0 Å². The fourth-order valence-electron chi connectivity index (χ4n) is 1.77. The smallest absolute Gasteiger partial charge is 0.248 e. The highest BCUT2D eigenvalue weighted by atomic mass is 32.1. The van der Waals surface area contributed by atoms with Crippen LogP contribution in [0.2, 0.25) is 0 Å².